The summed E-state index contributed by atoms with van der Waals surface area (Å²) in [5.74, 6) is 1.92. The zero-order valence-corrected chi connectivity index (χ0v) is 13.2. The standard InChI is InChI=1S/C15H30N4/c1-13(2)6-7-14(3)16-8-10-18(4)12-15-17-9-11-19(15)5/h9,11,13-14,16H,6-8,10,12H2,1-5H3. The van der Waals surface area contributed by atoms with Gasteiger partial charge in [0, 0.05) is 38.6 Å². The Kier molecular flexibility index (Phi) is 7.10. The summed E-state index contributed by atoms with van der Waals surface area (Å²) in [6.07, 6.45) is 6.42. The van der Waals surface area contributed by atoms with Gasteiger partial charge in [0.2, 0.25) is 0 Å². The minimum absolute atomic E-state index is 0.615. The first-order valence-corrected chi connectivity index (χ1v) is 7.37. The number of imidazole rings is 1. The van der Waals surface area contributed by atoms with Crippen molar-refractivity contribution in [3.8, 4) is 0 Å². The molecule has 0 saturated heterocycles. The zero-order valence-electron chi connectivity index (χ0n) is 13.2. The summed E-state index contributed by atoms with van der Waals surface area (Å²) in [7, 11) is 4.19. The first kappa shape index (κ1) is 16.2. The lowest BCUT2D eigenvalue weighted by atomic mass is 10.0. The number of likely N-dealkylation sites (N-methyl/N-ethyl adjacent to an activating group) is 1. The molecule has 1 rings (SSSR count). The number of hydrogen-bond acceptors (Lipinski definition) is 3. The van der Waals surface area contributed by atoms with Crippen LogP contribution in [0.2, 0.25) is 0 Å². The topological polar surface area (TPSA) is 33.1 Å². The molecule has 1 unspecified atom stereocenters. The van der Waals surface area contributed by atoms with Crippen LogP contribution < -0.4 is 5.32 Å². The Morgan fingerprint density at radius 3 is 2.63 bits per heavy atom. The summed E-state index contributed by atoms with van der Waals surface area (Å²) in [5, 5.41) is 3.59. The molecule has 0 aromatic carbocycles. The minimum Gasteiger partial charge on any atom is -0.337 e. The molecule has 19 heavy (non-hydrogen) atoms. The Morgan fingerprint density at radius 1 is 1.32 bits per heavy atom. The molecule has 0 saturated carbocycles. The van der Waals surface area contributed by atoms with Crippen LogP contribution in [0.4, 0.5) is 0 Å². The van der Waals surface area contributed by atoms with E-state index in [1.54, 1.807) is 0 Å². The predicted molar refractivity (Wildman–Crippen MR) is 81.1 cm³/mol. The fraction of sp³-hybridized carbons (Fsp3) is 0.800. The van der Waals surface area contributed by atoms with Gasteiger partial charge < -0.3 is 9.88 Å². The molecule has 0 amide bonds. The molecular formula is C15H30N4. The number of aryl methyl sites for hydroxylation is 1. The minimum atomic E-state index is 0.615. The van der Waals surface area contributed by atoms with E-state index in [4.69, 9.17) is 0 Å². The molecule has 0 spiro atoms. The molecular weight excluding hydrogens is 236 g/mol. The average Bonchev–Trinajstić information content (AvgIpc) is 2.72. The maximum atomic E-state index is 4.35. The zero-order chi connectivity index (χ0) is 14.3. The van der Waals surface area contributed by atoms with Crippen molar-refractivity contribution >= 4 is 0 Å². The van der Waals surface area contributed by atoms with Crippen molar-refractivity contribution in [2.24, 2.45) is 13.0 Å². The van der Waals surface area contributed by atoms with Crippen LogP contribution in [-0.2, 0) is 13.6 Å². The summed E-state index contributed by atoms with van der Waals surface area (Å²) in [6.45, 7) is 9.85. The van der Waals surface area contributed by atoms with Crippen molar-refractivity contribution in [1.82, 2.24) is 19.8 Å². The SMILES string of the molecule is CC(C)CCC(C)NCCN(C)Cc1nccn1C. The van der Waals surface area contributed by atoms with Crippen molar-refractivity contribution < 1.29 is 0 Å². The summed E-state index contributed by atoms with van der Waals surface area (Å²) >= 11 is 0. The van der Waals surface area contributed by atoms with Gasteiger partial charge in [-0.15, -0.1) is 0 Å². The van der Waals surface area contributed by atoms with Crippen molar-refractivity contribution in [2.75, 3.05) is 20.1 Å². The molecule has 1 atom stereocenters. The number of hydrogen-bond donors (Lipinski definition) is 1. The lowest BCUT2D eigenvalue weighted by molar-refractivity contribution is 0.304. The normalized spacial score (nSPS) is 13.4. The third kappa shape index (κ3) is 6.73. The smallest absolute Gasteiger partial charge is 0.122 e. The second-order valence-corrected chi connectivity index (χ2v) is 6.02. The Bertz CT molecular complexity index is 346. The lowest BCUT2D eigenvalue weighted by Crippen LogP contribution is -2.34. The molecule has 4 heteroatoms. The second-order valence-electron chi connectivity index (χ2n) is 6.02. The van der Waals surface area contributed by atoms with Gasteiger partial charge in [-0.2, -0.15) is 0 Å². The molecule has 1 aromatic rings. The third-order valence-electron chi connectivity index (χ3n) is 3.50. The van der Waals surface area contributed by atoms with Crippen molar-refractivity contribution in [1.29, 1.82) is 0 Å². The van der Waals surface area contributed by atoms with E-state index in [1.165, 1.54) is 12.8 Å². The third-order valence-corrected chi connectivity index (χ3v) is 3.50. The number of aromatic nitrogens is 2. The fourth-order valence-corrected chi connectivity index (χ4v) is 2.06. The highest BCUT2D eigenvalue weighted by atomic mass is 15.2. The molecule has 0 fully saturated rings. The number of rotatable bonds is 9. The van der Waals surface area contributed by atoms with Gasteiger partial charge in [0.15, 0.2) is 0 Å². The largest absolute Gasteiger partial charge is 0.337 e. The molecule has 0 aliphatic carbocycles. The van der Waals surface area contributed by atoms with Crippen molar-refractivity contribution in [3.05, 3.63) is 18.2 Å². The highest BCUT2D eigenvalue weighted by Crippen LogP contribution is 2.06. The molecule has 1 heterocycles. The van der Waals surface area contributed by atoms with E-state index in [-0.39, 0.29) is 0 Å². The summed E-state index contributed by atoms with van der Waals surface area (Å²) < 4.78 is 2.08. The van der Waals surface area contributed by atoms with E-state index in [1.807, 2.05) is 19.4 Å². The summed E-state index contributed by atoms with van der Waals surface area (Å²) in [4.78, 5) is 6.66. The quantitative estimate of drug-likeness (QED) is 0.744. The Morgan fingerprint density at radius 2 is 2.05 bits per heavy atom. The van der Waals surface area contributed by atoms with Crippen LogP contribution >= 0.6 is 0 Å². The first-order valence-electron chi connectivity index (χ1n) is 7.37. The maximum Gasteiger partial charge on any atom is 0.122 e. The summed E-state index contributed by atoms with van der Waals surface area (Å²) in [5.41, 5.74) is 0. The number of nitrogens with zero attached hydrogens (tertiary/aromatic N) is 3. The molecule has 0 radical (unpaired) electrons. The van der Waals surface area contributed by atoms with Gasteiger partial charge >= 0.3 is 0 Å². The van der Waals surface area contributed by atoms with Crippen molar-refractivity contribution in [3.63, 3.8) is 0 Å². The Hall–Kier alpha value is -0.870. The first-order chi connectivity index (χ1) is 8.99. The van der Waals surface area contributed by atoms with Crippen LogP contribution in [-0.4, -0.2) is 40.6 Å². The van der Waals surface area contributed by atoms with Gasteiger partial charge in [0.1, 0.15) is 5.82 Å². The monoisotopic (exact) mass is 266 g/mol. The van der Waals surface area contributed by atoms with Crippen molar-refractivity contribution in [2.45, 2.75) is 46.2 Å². The maximum absolute atomic E-state index is 4.35. The molecule has 4 nitrogen and oxygen atoms in total. The molecule has 0 aliphatic heterocycles. The van der Waals surface area contributed by atoms with Gasteiger partial charge in [-0.3, -0.25) is 4.90 Å². The second kappa shape index (κ2) is 8.33. The molecule has 0 aliphatic rings. The van der Waals surface area contributed by atoms with E-state index in [0.29, 0.717) is 6.04 Å². The van der Waals surface area contributed by atoms with E-state index in [2.05, 4.69) is 47.6 Å². The average molecular weight is 266 g/mol. The fourth-order valence-electron chi connectivity index (χ4n) is 2.06. The van der Waals surface area contributed by atoms with Crippen LogP contribution in [0.25, 0.3) is 0 Å². The van der Waals surface area contributed by atoms with Gasteiger partial charge in [-0.05, 0) is 32.7 Å². The van der Waals surface area contributed by atoms with Crippen LogP contribution in [0, 0.1) is 5.92 Å². The summed E-state index contributed by atoms with van der Waals surface area (Å²) in [6, 6.07) is 0.615. The molecule has 1 N–H and O–H groups in total. The Labute approximate surface area is 118 Å². The predicted octanol–water partition coefficient (Wildman–Crippen LogP) is 2.27. The molecule has 1 aromatic heterocycles. The van der Waals surface area contributed by atoms with E-state index in [9.17, 15) is 0 Å². The van der Waals surface area contributed by atoms with Crippen LogP contribution in [0.1, 0.15) is 39.4 Å². The Balaban J connectivity index is 2.13. The highest BCUT2D eigenvalue weighted by Gasteiger charge is 2.06. The van der Waals surface area contributed by atoms with Gasteiger partial charge in [0.05, 0.1) is 6.54 Å². The molecule has 0 bridgehead atoms. The van der Waals surface area contributed by atoms with Gasteiger partial charge in [0.25, 0.3) is 0 Å². The van der Waals surface area contributed by atoms with E-state index < -0.39 is 0 Å². The van der Waals surface area contributed by atoms with Crippen LogP contribution in [0.15, 0.2) is 12.4 Å². The lowest BCUT2D eigenvalue weighted by Gasteiger charge is -2.19. The van der Waals surface area contributed by atoms with Gasteiger partial charge in [-0.1, -0.05) is 13.8 Å². The highest BCUT2D eigenvalue weighted by molar-refractivity contribution is 4.90. The van der Waals surface area contributed by atoms with Gasteiger partial charge in [-0.25, -0.2) is 4.98 Å². The van der Waals surface area contributed by atoms with E-state index in [0.717, 1.165) is 31.4 Å². The molecule has 110 valence electrons. The number of nitrogens with one attached hydrogen (secondary N) is 1. The van der Waals surface area contributed by atoms with Crippen LogP contribution in [0.5, 0.6) is 0 Å². The van der Waals surface area contributed by atoms with E-state index >= 15 is 0 Å². The van der Waals surface area contributed by atoms with Crippen LogP contribution in [0.3, 0.4) is 0 Å².